The Morgan fingerprint density at radius 2 is 2.86 bits per heavy atom. The maximum absolute atomic E-state index is 7.25. The van der Waals surface area contributed by atoms with Crippen LogP contribution in [0.4, 0.5) is 0 Å². The smallest absolute Gasteiger partial charge is 0.0573 e. The Balaban J connectivity index is 2.24. The third-order valence-electron chi connectivity index (χ3n) is 1.34. The Hall–Kier alpha value is -0.0400. The first-order valence-electron chi connectivity index (χ1n) is 3.42. The first-order valence-corrected chi connectivity index (χ1v) is 2.84. The quantitative estimate of drug-likeness (QED) is 0.487. The van der Waals surface area contributed by atoms with Crippen molar-refractivity contribution in [3.63, 3.8) is 0 Å². The van der Waals surface area contributed by atoms with E-state index < -0.39 is 0 Å². The van der Waals surface area contributed by atoms with Crippen LogP contribution in [0.3, 0.4) is 0 Å². The second kappa shape index (κ2) is 2.31. The molecule has 0 aromatic carbocycles. The van der Waals surface area contributed by atoms with Crippen LogP contribution < -0.4 is 0 Å². The monoisotopic (exact) mass is 101 g/mol. The minimum absolute atomic E-state index is 0.0301. The van der Waals surface area contributed by atoms with Crippen LogP contribution >= 0.6 is 0 Å². The lowest BCUT2D eigenvalue weighted by atomic mass is 10.2. The van der Waals surface area contributed by atoms with Crippen molar-refractivity contribution in [1.82, 2.24) is 0 Å². The van der Waals surface area contributed by atoms with Crippen LogP contribution in [-0.2, 0) is 4.74 Å². The zero-order valence-corrected chi connectivity index (χ0v) is 4.68. The normalized spacial score (nSPS) is 37.9. The summed E-state index contributed by atoms with van der Waals surface area (Å²) < 4.78 is 12.5. The van der Waals surface area contributed by atoms with Crippen LogP contribution in [0.1, 0.15) is 27.5 Å². The van der Waals surface area contributed by atoms with Crippen molar-refractivity contribution in [2.45, 2.75) is 32.3 Å². The van der Waals surface area contributed by atoms with Gasteiger partial charge in [0.05, 0.1) is 6.10 Å². The lowest BCUT2D eigenvalue weighted by Crippen LogP contribution is -2.00. The van der Waals surface area contributed by atoms with Gasteiger partial charge in [0.1, 0.15) is 0 Å². The van der Waals surface area contributed by atoms with Gasteiger partial charge in [0.15, 0.2) is 0 Å². The summed E-state index contributed by atoms with van der Waals surface area (Å²) in [5.74, 6) is 0. The minimum atomic E-state index is -0.0301. The van der Waals surface area contributed by atoms with Gasteiger partial charge < -0.3 is 4.74 Å². The molecular weight excluding hydrogens is 88.1 g/mol. The van der Waals surface area contributed by atoms with E-state index in [0.29, 0.717) is 0 Å². The summed E-state index contributed by atoms with van der Waals surface area (Å²) in [6.45, 7) is 2.75. The highest BCUT2D eigenvalue weighted by molar-refractivity contribution is 4.60. The maximum atomic E-state index is 7.25. The van der Waals surface area contributed by atoms with Gasteiger partial charge in [-0.15, -0.1) is 0 Å². The molecule has 1 aliphatic heterocycles. The molecule has 1 aliphatic rings. The summed E-state index contributed by atoms with van der Waals surface area (Å²) in [5.41, 5.74) is 0. The van der Waals surface area contributed by atoms with Crippen LogP contribution in [0.15, 0.2) is 0 Å². The van der Waals surface area contributed by atoms with Gasteiger partial charge in [-0.05, 0) is 19.2 Å². The van der Waals surface area contributed by atoms with Gasteiger partial charge in [-0.1, -0.05) is 6.92 Å². The molecule has 0 saturated carbocycles. The van der Waals surface area contributed by atoms with E-state index in [2.05, 4.69) is 0 Å². The Bertz CT molecular complexity index is 66.9. The van der Waals surface area contributed by atoms with E-state index in [1.54, 1.807) is 0 Å². The predicted molar refractivity (Wildman–Crippen MR) is 29.3 cm³/mol. The number of hydrogen-bond donors (Lipinski definition) is 0. The van der Waals surface area contributed by atoms with Crippen LogP contribution in [0.2, 0.25) is 0 Å². The molecule has 0 N–H and O–H groups in total. The van der Waals surface area contributed by atoms with Gasteiger partial charge in [0.25, 0.3) is 0 Å². The van der Waals surface area contributed by atoms with E-state index in [1.807, 2.05) is 6.92 Å². The first kappa shape index (κ1) is 3.90. The van der Waals surface area contributed by atoms with E-state index in [4.69, 9.17) is 6.11 Å². The zero-order valence-electron chi connectivity index (χ0n) is 5.68. The number of ether oxygens (including phenoxy) is 1. The molecule has 7 heavy (non-hydrogen) atoms. The largest absolute Gasteiger partial charge is 0.378 e. The molecule has 0 spiro atoms. The highest BCUT2D eigenvalue weighted by Gasteiger charge is 2.11. The average Bonchev–Trinajstić information content (AvgIpc) is 2.12. The van der Waals surface area contributed by atoms with Crippen LogP contribution in [0.25, 0.3) is 0 Å². The number of hydrogen-bond acceptors (Lipinski definition) is 1. The highest BCUT2D eigenvalue weighted by atomic mass is 16.5. The molecule has 0 aromatic rings. The van der Waals surface area contributed by atoms with Crippen molar-refractivity contribution in [2.24, 2.45) is 0 Å². The summed E-state index contributed by atoms with van der Waals surface area (Å²) in [6.07, 6.45) is 2.44. The topological polar surface area (TPSA) is 9.23 Å². The van der Waals surface area contributed by atoms with Gasteiger partial charge in [-0.2, -0.15) is 0 Å². The van der Waals surface area contributed by atoms with Gasteiger partial charge in [0.2, 0.25) is 0 Å². The molecule has 0 aliphatic carbocycles. The van der Waals surface area contributed by atoms with Crippen molar-refractivity contribution >= 4 is 0 Å². The van der Waals surface area contributed by atoms with Crippen molar-refractivity contribution < 1.29 is 6.11 Å². The first-order chi connectivity index (χ1) is 3.80. The molecule has 1 fully saturated rings. The second-order valence-corrected chi connectivity index (χ2v) is 1.88. The molecule has 1 rings (SSSR count). The Morgan fingerprint density at radius 1 is 2.00 bits per heavy atom. The van der Waals surface area contributed by atoms with Crippen molar-refractivity contribution in [3.05, 3.63) is 0 Å². The molecule has 0 radical (unpaired) electrons. The lowest BCUT2D eigenvalue weighted by Gasteiger charge is -2.01. The molecule has 0 aromatic heterocycles. The van der Waals surface area contributed by atoms with Gasteiger partial charge in [-0.25, -0.2) is 0 Å². The predicted octanol–water partition coefficient (Wildman–Crippen LogP) is 1.58. The SMILES string of the molecule is [2H]C(C)C1CCCO1. The van der Waals surface area contributed by atoms with Gasteiger partial charge >= 0.3 is 0 Å². The Morgan fingerprint density at radius 3 is 3.14 bits per heavy atom. The van der Waals surface area contributed by atoms with Crippen molar-refractivity contribution in [1.29, 1.82) is 0 Å². The maximum Gasteiger partial charge on any atom is 0.0573 e. The molecule has 1 nitrogen and oxygen atoms in total. The molecule has 1 saturated heterocycles. The molecule has 1 heterocycles. The average molecular weight is 101 g/mol. The zero-order chi connectivity index (χ0) is 5.98. The summed E-state index contributed by atoms with van der Waals surface area (Å²) in [4.78, 5) is 0. The van der Waals surface area contributed by atoms with E-state index in [9.17, 15) is 0 Å². The highest BCUT2D eigenvalue weighted by Crippen LogP contribution is 2.13. The summed E-state index contributed by atoms with van der Waals surface area (Å²) in [7, 11) is 0. The Labute approximate surface area is 46.1 Å². The fourth-order valence-corrected chi connectivity index (χ4v) is 0.865. The summed E-state index contributed by atoms with van der Waals surface area (Å²) >= 11 is 0. The van der Waals surface area contributed by atoms with E-state index in [-0.39, 0.29) is 12.5 Å². The lowest BCUT2D eigenvalue weighted by molar-refractivity contribution is 0.108. The summed E-state index contributed by atoms with van der Waals surface area (Å²) in [5, 5.41) is 0. The molecular formula is C6H12O. The van der Waals surface area contributed by atoms with Crippen LogP contribution in [-0.4, -0.2) is 12.7 Å². The fraction of sp³-hybridized carbons (Fsp3) is 1.00. The molecule has 42 valence electrons. The van der Waals surface area contributed by atoms with E-state index >= 15 is 0 Å². The third-order valence-corrected chi connectivity index (χ3v) is 1.34. The van der Waals surface area contributed by atoms with Crippen LogP contribution in [0, 0.1) is 0 Å². The van der Waals surface area contributed by atoms with Gasteiger partial charge in [0, 0.05) is 7.98 Å². The van der Waals surface area contributed by atoms with E-state index in [1.165, 1.54) is 0 Å². The standard InChI is InChI=1S/C6H12O/c1-2-6-4-3-5-7-6/h6H,2-5H2,1H3/i2D. The van der Waals surface area contributed by atoms with Crippen molar-refractivity contribution in [2.75, 3.05) is 6.61 Å². The van der Waals surface area contributed by atoms with Crippen LogP contribution in [0.5, 0.6) is 0 Å². The molecule has 2 atom stereocenters. The fourth-order valence-electron chi connectivity index (χ4n) is 0.865. The molecule has 0 bridgehead atoms. The number of rotatable bonds is 1. The molecule has 2 unspecified atom stereocenters. The third kappa shape index (κ3) is 1.16. The van der Waals surface area contributed by atoms with Crippen molar-refractivity contribution in [3.8, 4) is 0 Å². The van der Waals surface area contributed by atoms with E-state index in [0.717, 1.165) is 19.4 Å². The molecule has 0 amide bonds. The summed E-state index contributed by atoms with van der Waals surface area (Å²) in [6, 6.07) is 0. The minimum Gasteiger partial charge on any atom is -0.378 e. The van der Waals surface area contributed by atoms with Gasteiger partial charge in [-0.3, -0.25) is 0 Å². The molecule has 1 heteroatoms. The Kier molecular flexibility index (Phi) is 1.29. The second-order valence-electron chi connectivity index (χ2n) is 1.88.